The molecular formula is C34H41BrClN3O4S. The number of sulfonamides is 1. The molecule has 1 atom stereocenters. The van der Waals surface area contributed by atoms with Gasteiger partial charge >= 0.3 is 0 Å². The van der Waals surface area contributed by atoms with Gasteiger partial charge in [-0.15, -0.1) is 0 Å². The van der Waals surface area contributed by atoms with E-state index < -0.39 is 16.1 Å². The third-order valence-corrected chi connectivity index (χ3v) is 10.2. The number of nitrogens with one attached hydrogen (secondary N) is 1. The summed E-state index contributed by atoms with van der Waals surface area (Å²) in [4.78, 5) is 29.7. The summed E-state index contributed by atoms with van der Waals surface area (Å²) in [5.41, 5.74) is 3.00. The maximum atomic E-state index is 14.1. The number of benzene rings is 3. The smallest absolute Gasteiger partial charge is 0.243 e. The maximum Gasteiger partial charge on any atom is 0.243 e. The van der Waals surface area contributed by atoms with E-state index in [1.54, 1.807) is 30.0 Å². The minimum atomic E-state index is -3.64. The van der Waals surface area contributed by atoms with Gasteiger partial charge in [0, 0.05) is 41.5 Å². The standard InChI is InChI=1S/C34H41BrClN3O4S/c1-25-30(36)18-10-19-31(25)39(44(2,42)43)21-11-20-33(40)38(24-27-14-9-15-28(35)22-27)32(23-26-12-5-3-6-13-26)34(41)37-29-16-7-4-8-17-29/h3,5-6,9-10,12-15,18-19,22,29,32H,4,7-8,11,16-17,20-21,23-24H2,1-2H3,(H,37,41)/t32-/m0/s1. The van der Waals surface area contributed by atoms with Crippen LogP contribution in [0.1, 0.15) is 61.6 Å². The summed E-state index contributed by atoms with van der Waals surface area (Å²) in [6.45, 7) is 2.13. The van der Waals surface area contributed by atoms with E-state index in [0.717, 1.165) is 47.5 Å². The molecule has 1 aliphatic rings. The molecule has 3 aromatic rings. The average Bonchev–Trinajstić information content (AvgIpc) is 2.99. The van der Waals surface area contributed by atoms with Gasteiger partial charge in [-0.1, -0.05) is 95.3 Å². The minimum absolute atomic E-state index is 0.0711. The van der Waals surface area contributed by atoms with Gasteiger partial charge in [0.2, 0.25) is 21.8 Å². The molecule has 0 radical (unpaired) electrons. The van der Waals surface area contributed by atoms with Gasteiger partial charge in [-0.2, -0.15) is 0 Å². The van der Waals surface area contributed by atoms with Crippen LogP contribution < -0.4 is 9.62 Å². The number of halogens is 2. The Bertz CT molecular complexity index is 1530. The summed E-state index contributed by atoms with van der Waals surface area (Å²) in [6, 6.07) is 22.0. The molecule has 1 aliphatic carbocycles. The molecule has 3 aromatic carbocycles. The first-order valence-corrected chi connectivity index (χ1v) is 18.2. The second-order valence-corrected chi connectivity index (χ2v) is 14.8. The van der Waals surface area contributed by atoms with E-state index >= 15 is 0 Å². The SMILES string of the molecule is Cc1c(Cl)cccc1N(CCCC(=O)N(Cc1cccc(Br)c1)[C@@H](Cc1ccccc1)C(=O)NC1CCCCC1)S(C)(=O)=O. The Labute approximate surface area is 275 Å². The Balaban J connectivity index is 1.60. The van der Waals surface area contributed by atoms with E-state index in [1.165, 1.54) is 10.7 Å². The normalized spacial score (nSPS) is 14.5. The molecule has 236 valence electrons. The van der Waals surface area contributed by atoms with Gasteiger partial charge in [0.1, 0.15) is 6.04 Å². The number of nitrogens with zero attached hydrogens (tertiary/aromatic N) is 2. The highest BCUT2D eigenvalue weighted by Gasteiger charge is 2.32. The van der Waals surface area contributed by atoms with Crippen LogP contribution in [0.5, 0.6) is 0 Å². The second-order valence-electron chi connectivity index (χ2n) is 11.5. The van der Waals surface area contributed by atoms with Crippen molar-refractivity contribution in [2.24, 2.45) is 0 Å². The fourth-order valence-corrected chi connectivity index (χ4v) is 7.41. The van der Waals surface area contributed by atoms with Crippen molar-refractivity contribution in [2.45, 2.75) is 76.9 Å². The molecule has 2 amide bonds. The van der Waals surface area contributed by atoms with E-state index in [9.17, 15) is 18.0 Å². The zero-order valence-electron chi connectivity index (χ0n) is 25.3. The average molecular weight is 703 g/mol. The molecule has 0 unspecified atom stereocenters. The number of anilines is 1. The Morgan fingerprint density at radius 3 is 2.34 bits per heavy atom. The summed E-state index contributed by atoms with van der Waals surface area (Å²) in [5.74, 6) is -0.364. The summed E-state index contributed by atoms with van der Waals surface area (Å²) in [6.07, 6.45) is 7.08. The topological polar surface area (TPSA) is 86.8 Å². The Morgan fingerprint density at radius 1 is 0.977 bits per heavy atom. The molecule has 4 rings (SSSR count). The molecule has 0 saturated heterocycles. The predicted molar refractivity (Wildman–Crippen MR) is 181 cm³/mol. The Hall–Kier alpha value is -2.88. The highest BCUT2D eigenvalue weighted by atomic mass is 79.9. The lowest BCUT2D eigenvalue weighted by atomic mass is 9.94. The molecule has 1 N–H and O–H groups in total. The number of rotatable bonds is 13. The van der Waals surface area contributed by atoms with Gasteiger partial charge in [-0.05, 0) is 67.1 Å². The van der Waals surface area contributed by atoms with Crippen LogP contribution in [0, 0.1) is 6.92 Å². The van der Waals surface area contributed by atoms with Crippen LogP contribution >= 0.6 is 27.5 Å². The fourth-order valence-electron chi connectivity index (χ4n) is 5.78. The molecule has 7 nitrogen and oxygen atoms in total. The monoisotopic (exact) mass is 701 g/mol. The lowest BCUT2D eigenvalue weighted by Crippen LogP contribution is -2.53. The summed E-state index contributed by atoms with van der Waals surface area (Å²) in [5, 5.41) is 3.73. The first-order valence-electron chi connectivity index (χ1n) is 15.1. The third-order valence-electron chi connectivity index (χ3n) is 8.12. The van der Waals surface area contributed by atoms with E-state index in [2.05, 4.69) is 21.2 Å². The van der Waals surface area contributed by atoms with Gasteiger partial charge in [0.15, 0.2) is 0 Å². The van der Waals surface area contributed by atoms with Crippen molar-refractivity contribution in [1.29, 1.82) is 0 Å². The molecule has 44 heavy (non-hydrogen) atoms. The van der Waals surface area contributed by atoms with Crippen LogP contribution in [0.3, 0.4) is 0 Å². The molecule has 10 heteroatoms. The highest BCUT2D eigenvalue weighted by Crippen LogP contribution is 2.29. The first kappa shape index (κ1) is 34.0. The minimum Gasteiger partial charge on any atom is -0.352 e. The van der Waals surface area contributed by atoms with Crippen LogP contribution in [-0.4, -0.2) is 50.0 Å². The number of carbonyl (C=O) groups excluding carboxylic acids is 2. The number of carbonyl (C=O) groups is 2. The number of hydrogen-bond donors (Lipinski definition) is 1. The predicted octanol–water partition coefficient (Wildman–Crippen LogP) is 7.05. The molecule has 0 bridgehead atoms. The van der Waals surface area contributed by atoms with E-state index in [4.69, 9.17) is 11.6 Å². The molecule has 1 fully saturated rings. The fraction of sp³-hybridized carbons (Fsp3) is 0.412. The van der Waals surface area contributed by atoms with E-state index in [1.807, 2.05) is 54.6 Å². The first-order chi connectivity index (χ1) is 21.0. The third kappa shape index (κ3) is 9.56. The largest absolute Gasteiger partial charge is 0.352 e. The lowest BCUT2D eigenvalue weighted by Gasteiger charge is -2.34. The molecular weight excluding hydrogens is 662 g/mol. The second kappa shape index (κ2) is 15.9. The van der Waals surface area contributed by atoms with Crippen molar-refractivity contribution in [3.8, 4) is 0 Å². The lowest BCUT2D eigenvalue weighted by molar-refractivity contribution is -0.141. The quantitative estimate of drug-likeness (QED) is 0.207. The van der Waals surface area contributed by atoms with Gasteiger partial charge < -0.3 is 10.2 Å². The van der Waals surface area contributed by atoms with Crippen LogP contribution in [0.2, 0.25) is 5.02 Å². The number of hydrogen-bond acceptors (Lipinski definition) is 4. The van der Waals surface area contributed by atoms with Crippen molar-refractivity contribution >= 4 is 55.1 Å². The summed E-state index contributed by atoms with van der Waals surface area (Å²) >= 11 is 9.83. The van der Waals surface area contributed by atoms with Crippen LogP contribution in [0.15, 0.2) is 77.3 Å². The summed E-state index contributed by atoms with van der Waals surface area (Å²) < 4.78 is 27.8. The highest BCUT2D eigenvalue weighted by molar-refractivity contribution is 9.10. The van der Waals surface area contributed by atoms with Crippen molar-refractivity contribution < 1.29 is 18.0 Å². The van der Waals surface area contributed by atoms with Gasteiger partial charge in [-0.25, -0.2) is 8.42 Å². The Kier molecular flexibility index (Phi) is 12.3. The molecule has 0 heterocycles. The van der Waals surface area contributed by atoms with Crippen LogP contribution in [0.25, 0.3) is 0 Å². The van der Waals surface area contributed by atoms with Gasteiger partial charge in [0.25, 0.3) is 0 Å². The van der Waals surface area contributed by atoms with Gasteiger partial charge in [0.05, 0.1) is 11.9 Å². The van der Waals surface area contributed by atoms with Crippen molar-refractivity contribution in [3.05, 3.63) is 99.0 Å². The van der Waals surface area contributed by atoms with Crippen LogP contribution in [-0.2, 0) is 32.6 Å². The zero-order valence-corrected chi connectivity index (χ0v) is 28.5. The van der Waals surface area contributed by atoms with Crippen LogP contribution in [0.4, 0.5) is 5.69 Å². The molecule has 0 aromatic heterocycles. The van der Waals surface area contributed by atoms with E-state index in [0.29, 0.717) is 22.7 Å². The maximum absolute atomic E-state index is 14.1. The molecule has 1 saturated carbocycles. The Morgan fingerprint density at radius 2 is 1.66 bits per heavy atom. The molecule has 0 spiro atoms. The summed E-state index contributed by atoms with van der Waals surface area (Å²) in [7, 11) is -3.64. The number of amides is 2. The van der Waals surface area contributed by atoms with Gasteiger partial charge in [-0.3, -0.25) is 13.9 Å². The zero-order chi connectivity index (χ0) is 31.7. The van der Waals surface area contributed by atoms with E-state index in [-0.39, 0.29) is 43.8 Å². The van der Waals surface area contributed by atoms with Crippen molar-refractivity contribution in [1.82, 2.24) is 10.2 Å². The van der Waals surface area contributed by atoms with Crippen molar-refractivity contribution in [2.75, 3.05) is 17.1 Å². The molecule has 0 aliphatic heterocycles. The van der Waals surface area contributed by atoms with Crippen molar-refractivity contribution in [3.63, 3.8) is 0 Å².